The van der Waals surface area contributed by atoms with Gasteiger partial charge in [0, 0.05) is 32.2 Å². The van der Waals surface area contributed by atoms with Gasteiger partial charge in [0.25, 0.3) is 0 Å². The molecule has 31 heavy (non-hydrogen) atoms. The van der Waals surface area contributed by atoms with Crippen molar-refractivity contribution in [2.45, 2.75) is 36.6 Å². The highest BCUT2D eigenvalue weighted by Gasteiger charge is 2.43. The molecule has 2 aromatic rings. The minimum Gasteiger partial charge on any atom is -0.383 e. The smallest absolute Gasteiger partial charge is 0.240 e. The van der Waals surface area contributed by atoms with Crippen molar-refractivity contribution in [2.24, 2.45) is 4.99 Å². The molecule has 2 aromatic carbocycles. The molecule has 0 amide bonds. The minimum absolute atomic E-state index is 0.198. The van der Waals surface area contributed by atoms with Crippen LogP contribution in [0.15, 0.2) is 64.5 Å². The van der Waals surface area contributed by atoms with Gasteiger partial charge in [0.1, 0.15) is 0 Å². The number of sulfonamides is 1. The summed E-state index contributed by atoms with van der Waals surface area (Å²) in [4.78, 5) is 4.91. The summed E-state index contributed by atoms with van der Waals surface area (Å²) in [5.74, 6) is 0.766. The van der Waals surface area contributed by atoms with Gasteiger partial charge in [-0.05, 0) is 43.0 Å². The van der Waals surface area contributed by atoms with E-state index < -0.39 is 10.0 Å². The van der Waals surface area contributed by atoms with E-state index in [1.165, 1.54) is 25.5 Å². The third kappa shape index (κ3) is 6.53. The van der Waals surface area contributed by atoms with E-state index in [0.717, 1.165) is 24.6 Å². The number of nitrogens with zero attached hydrogens (tertiary/aromatic N) is 1. The fourth-order valence-corrected chi connectivity index (χ4v) is 4.42. The molecule has 1 aliphatic rings. The zero-order valence-electron chi connectivity index (χ0n) is 18.2. The average Bonchev–Trinajstić information content (AvgIpc) is 3.58. The molecule has 7 nitrogen and oxygen atoms in total. The Morgan fingerprint density at radius 2 is 1.77 bits per heavy atom. The first-order chi connectivity index (χ1) is 15.0. The molecule has 1 fully saturated rings. The summed E-state index contributed by atoms with van der Waals surface area (Å²) in [5.41, 5.74) is 2.51. The van der Waals surface area contributed by atoms with E-state index in [0.29, 0.717) is 13.2 Å². The first-order valence-electron chi connectivity index (χ1n) is 10.6. The lowest BCUT2D eigenvalue weighted by molar-refractivity contribution is 0.204. The number of rotatable bonds is 11. The number of methoxy groups -OCH3 is 1. The number of guanidine groups is 1. The molecule has 0 aliphatic heterocycles. The summed E-state index contributed by atoms with van der Waals surface area (Å²) in [6.07, 6.45) is 2.36. The Hall–Kier alpha value is -2.42. The number of benzene rings is 2. The van der Waals surface area contributed by atoms with Crippen molar-refractivity contribution in [2.75, 3.05) is 33.4 Å². The topological polar surface area (TPSA) is 91.8 Å². The predicted molar refractivity (Wildman–Crippen MR) is 124 cm³/mol. The normalized spacial score (nSPS) is 15.5. The molecule has 0 atom stereocenters. The monoisotopic (exact) mass is 444 g/mol. The highest BCUT2D eigenvalue weighted by molar-refractivity contribution is 7.89. The Labute approximate surface area is 185 Å². The molecule has 0 radical (unpaired) electrons. The molecule has 0 bridgehead atoms. The van der Waals surface area contributed by atoms with Crippen LogP contribution in [0.1, 0.15) is 30.9 Å². The minimum atomic E-state index is -3.52. The zero-order valence-corrected chi connectivity index (χ0v) is 19.0. The third-order valence-corrected chi connectivity index (χ3v) is 6.91. The van der Waals surface area contributed by atoms with E-state index in [4.69, 9.17) is 4.74 Å². The van der Waals surface area contributed by atoms with Gasteiger partial charge in [-0.1, -0.05) is 42.5 Å². The van der Waals surface area contributed by atoms with Crippen LogP contribution >= 0.6 is 0 Å². The average molecular weight is 445 g/mol. The quantitative estimate of drug-likeness (QED) is 0.281. The summed E-state index contributed by atoms with van der Waals surface area (Å²) in [6, 6.07) is 17.4. The highest BCUT2D eigenvalue weighted by Crippen LogP contribution is 2.47. The number of hydrogen-bond donors (Lipinski definition) is 3. The fraction of sp³-hybridized carbons (Fsp3) is 0.435. The maximum absolute atomic E-state index is 12.3. The second-order valence-electron chi connectivity index (χ2n) is 7.73. The van der Waals surface area contributed by atoms with Gasteiger partial charge in [0.2, 0.25) is 10.0 Å². The lowest BCUT2D eigenvalue weighted by Crippen LogP contribution is -2.41. The van der Waals surface area contributed by atoms with Gasteiger partial charge in [-0.25, -0.2) is 18.1 Å². The molecule has 1 aliphatic carbocycles. The van der Waals surface area contributed by atoms with Gasteiger partial charge in [-0.3, -0.25) is 0 Å². The molecule has 3 N–H and O–H groups in total. The SMILES string of the molecule is CCNC(=NCc1ccc(S(=O)(=O)NCCOC)cc1)NCC1(c2ccccc2)CC1. The van der Waals surface area contributed by atoms with Crippen molar-refractivity contribution < 1.29 is 13.2 Å². The molecule has 168 valence electrons. The van der Waals surface area contributed by atoms with Crippen LogP contribution in [0.4, 0.5) is 0 Å². The lowest BCUT2D eigenvalue weighted by atomic mass is 9.96. The molecule has 0 unspecified atom stereocenters. The van der Waals surface area contributed by atoms with Crippen molar-refractivity contribution in [3.05, 3.63) is 65.7 Å². The summed E-state index contributed by atoms with van der Waals surface area (Å²) in [5, 5.41) is 6.77. The van der Waals surface area contributed by atoms with Crippen molar-refractivity contribution in [1.82, 2.24) is 15.4 Å². The number of ether oxygens (including phenoxy) is 1. The van der Waals surface area contributed by atoms with Crippen molar-refractivity contribution in [3.63, 3.8) is 0 Å². The van der Waals surface area contributed by atoms with Crippen LogP contribution < -0.4 is 15.4 Å². The zero-order chi connectivity index (χ0) is 22.2. The number of nitrogens with one attached hydrogen (secondary N) is 3. The number of aliphatic imine (C=N–C) groups is 1. The Morgan fingerprint density at radius 1 is 1.06 bits per heavy atom. The van der Waals surface area contributed by atoms with Crippen LogP contribution in [0.2, 0.25) is 0 Å². The van der Waals surface area contributed by atoms with Gasteiger partial charge in [-0.2, -0.15) is 0 Å². The van der Waals surface area contributed by atoms with Crippen LogP contribution in [0.3, 0.4) is 0 Å². The molecular formula is C23H32N4O3S. The largest absolute Gasteiger partial charge is 0.383 e. The molecule has 0 spiro atoms. The van der Waals surface area contributed by atoms with E-state index >= 15 is 0 Å². The predicted octanol–water partition coefficient (Wildman–Crippen LogP) is 2.40. The summed E-state index contributed by atoms with van der Waals surface area (Å²) in [6.45, 7) is 4.69. The lowest BCUT2D eigenvalue weighted by Gasteiger charge is -2.19. The van der Waals surface area contributed by atoms with Gasteiger partial charge < -0.3 is 15.4 Å². The first-order valence-corrected chi connectivity index (χ1v) is 12.1. The highest BCUT2D eigenvalue weighted by atomic mass is 32.2. The van der Waals surface area contributed by atoms with Crippen LogP contribution in [-0.2, 0) is 26.7 Å². The second-order valence-corrected chi connectivity index (χ2v) is 9.50. The summed E-state index contributed by atoms with van der Waals surface area (Å²) < 4.78 is 31.9. The van der Waals surface area contributed by atoms with Crippen LogP contribution in [0.5, 0.6) is 0 Å². The van der Waals surface area contributed by atoms with Gasteiger partial charge in [-0.15, -0.1) is 0 Å². The van der Waals surface area contributed by atoms with E-state index in [9.17, 15) is 8.42 Å². The third-order valence-electron chi connectivity index (χ3n) is 5.43. The fourth-order valence-electron chi connectivity index (χ4n) is 3.41. The van der Waals surface area contributed by atoms with Gasteiger partial charge >= 0.3 is 0 Å². The molecule has 1 saturated carbocycles. The van der Waals surface area contributed by atoms with Gasteiger partial charge in [0.05, 0.1) is 18.0 Å². The molecule has 8 heteroatoms. The Bertz CT molecular complexity index is 956. The second kappa shape index (κ2) is 10.7. The Morgan fingerprint density at radius 3 is 2.39 bits per heavy atom. The number of hydrogen-bond acceptors (Lipinski definition) is 4. The molecule has 0 aromatic heterocycles. The Kier molecular flexibility index (Phi) is 8.06. The van der Waals surface area contributed by atoms with Gasteiger partial charge in [0.15, 0.2) is 5.96 Å². The molecule has 0 saturated heterocycles. The van der Waals surface area contributed by atoms with E-state index in [-0.39, 0.29) is 16.9 Å². The molecule has 0 heterocycles. The van der Waals surface area contributed by atoms with Crippen LogP contribution in [0, 0.1) is 0 Å². The summed E-state index contributed by atoms with van der Waals surface area (Å²) in [7, 11) is -1.99. The summed E-state index contributed by atoms with van der Waals surface area (Å²) >= 11 is 0. The van der Waals surface area contributed by atoms with Crippen LogP contribution in [0.25, 0.3) is 0 Å². The van der Waals surface area contributed by atoms with Crippen molar-refractivity contribution >= 4 is 16.0 Å². The van der Waals surface area contributed by atoms with Crippen molar-refractivity contribution in [1.29, 1.82) is 0 Å². The standard InChI is InChI=1S/C23H32N4O3S/c1-3-24-22(26-18-23(13-14-23)20-7-5-4-6-8-20)25-17-19-9-11-21(12-10-19)31(28,29)27-15-16-30-2/h4-12,27H,3,13-18H2,1-2H3,(H2,24,25,26). The maximum Gasteiger partial charge on any atom is 0.240 e. The molecular weight excluding hydrogens is 412 g/mol. The molecule has 3 rings (SSSR count). The Balaban J connectivity index is 1.59. The van der Waals surface area contributed by atoms with E-state index in [1.54, 1.807) is 24.3 Å². The van der Waals surface area contributed by atoms with Crippen LogP contribution in [-0.4, -0.2) is 47.7 Å². The first kappa shape index (κ1) is 23.2. The maximum atomic E-state index is 12.3. The van der Waals surface area contributed by atoms with E-state index in [1.807, 2.05) is 13.0 Å². The van der Waals surface area contributed by atoms with Crippen molar-refractivity contribution in [3.8, 4) is 0 Å². The van der Waals surface area contributed by atoms with E-state index in [2.05, 4.69) is 44.6 Å².